The Bertz CT molecular complexity index is 1090. The largest absolute Gasteiger partial charge is 0.350 e. The highest BCUT2D eigenvalue weighted by molar-refractivity contribution is 7.98. The Morgan fingerprint density at radius 1 is 1.15 bits per heavy atom. The van der Waals surface area contributed by atoms with Gasteiger partial charge in [-0.05, 0) is 36.4 Å². The van der Waals surface area contributed by atoms with Crippen LogP contribution in [0.4, 0.5) is 0 Å². The molecule has 3 heterocycles. The zero-order valence-corrected chi connectivity index (χ0v) is 15.2. The van der Waals surface area contributed by atoms with Gasteiger partial charge in [0.1, 0.15) is 0 Å². The molecule has 0 spiro atoms. The number of halogens is 1. The Hall–Kier alpha value is -2.58. The van der Waals surface area contributed by atoms with Crippen molar-refractivity contribution in [2.24, 2.45) is 0 Å². The van der Waals surface area contributed by atoms with E-state index in [1.165, 1.54) is 9.08 Å². The number of rotatable bonds is 6. The lowest BCUT2D eigenvalue weighted by molar-refractivity contribution is 0.391. The number of fused-ring (bicyclic) bond motifs is 1. The first-order chi connectivity index (χ1) is 12.7. The molecule has 0 N–H and O–H groups in total. The lowest BCUT2D eigenvalue weighted by atomic mass is 10.2. The summed E-state index contributed by atoms with van der Waals surface area (Å²) in [6, 6.07) is 12.7. The van der Waals surface area contributed by atoms with E-state index in [9.17, 15) is 4.79 Å². The summed E-state index contributed by atoms with van der Waals surface area (Å²) < 4.78 is 8.27. The molecule has 7 nitrogen and oxygen atoms in total. The fraction of sp³-hybridized carbons (Fsp3) is 0.176. The first-order valence-electron chi connectivity index (χ1n) is 7.91. The van der Waals surface area contributed by atoms with E-state index in [0.717, 1.165) is 5.56 Å². The maximum absolute atomic E-state index is 12.2. The fourth-order valence-electron chi connectivity index (χ4n) is 2.45. The molecular formula is C17H14ClN5O2S. The van der Waals surface area contributed by atoms with Gasteiger partial charge in [0.15, 0.2) is 5.65 Å². The topological polar surface area (TPSA) is 78.2 Å². The molecule has 0 amide bonds. The molecule has 0 aliphatic carbocycles. The van der Waals surface area contributed by atoms with Crippen LogP contribution in [0.1, 0.15) is 5.89 Å². The van der Waals surface area contributed by atoms with Gasteiger partial charge in [-0.3, -0.25) is 4.40 Å². The maximum Gasteiger partial charge on any atom is 0.350 e. The molecule has 0 bridgehead atoms. The zero-order valence-electron chi connectivity index (χ0n) is 13.6. The zero-order chi connectivity index (χ0) is 17.9. The number of hydrogen-bond donors (Lipinski definition) is 0. The molecule has 132 valence electrons. The predicted molar refractivity (Wildman–Crippen MR) is 100 cm³/mol. The van der Waals surface area contributed by atoms with Crippen LogP contribution >= 0.6 is 23.4 Å². The molecule has 0 aliphatic heterocycles. The van der Waals surface area contributed by atoms with E-state index in [-0.39, 0.29) is 5.69 Å². The number of aryl methyl sites for hydroxylation is 1. The van der Waals surface area contributed by atoms with Gasteiger partial charge in [0, 0.05) is 22.5 Å². The quantitative estimate of drug-likeness (QED) is 0.473. The summed E-state index contributed by atoms with van der Waals surface area (Å²) in [5, 5.41) is 8.94. The summed E-state index contributed by atoms with van der Waals surface area (Å²) >= 11 is 7.48. The highest BCUT2D eigenvalue weighted by Gasteiger charge is 2.09. The Labute approximate surface area is 157 Å². The van der Waals surface area contributed by atoms with Crippen molar-refractivity contribution >= 4 is 29.0 Å². The van der Waals surface area contributed by atoms with Crippen LogP contribution in [0.5, 0.6) is 0 Å². The number of hydrogen-bond acceptors (Lipinski definition) is 6. The molecule has 0 atom stereocenters. The average Bonchev–Trinajstić information content (AvgIpc) is 3.25. The van der Waals surface area contributed by atoms with E-state index in [2.05, 4.69) is 15.2 Å². The molecule has 0 unspecified atom stereocenters. The Morgan fingerprint density at radius 2 is 2.00 bits per heavy atom. The van der Waals surface area contributed by atoms with E-state index in [1.54, 1.807) is 30.1 Å². The second-order valence-electron chi connectivity index (χ2n) is 5.51. The molecule has 0 fully saturated rings. The third kappa shape index (κ3) is 3.51. The molecule has 1 aromatic carbocycles. The van der Waals surface area contributed by atoms with Gasteiger partial charge in [-0.15, -0.1) is 5.10 Å². The summed E-state index contributed by atoms with van der Waals surface area (Å²) in [6.07, 6.45) is 1.71. The standard InChI is InChI=1S/C17H14ClN5O2S/c18-13-6-4-12(5-7-13)16-19-15(25-21-16)11-26-10-9-23-17(24)22-8-2-1-3-14(22)20-23/h1-8H,9-11H2. The first kappa shape index (κ1) is 16.9. The minimum atomic E-state index is -0.135. The van der Waals surface area contributed by atoms with Crippen molar-refractivity contribution in [2.45, 2.75) is 12.3 Å². The van der Waals surface area contributed by atoms with Crippen LogP contribution in [0.3, 0.4) is 0 Å². The third-order valence-electron chi connectivity index (χ3n) is 3.73. The van der Waals surface area contributed by atoms with E-state index in [0.29, 0.717) is 40.4 Å². The predicted octanol–water partition coefficient (Wildman–Crippen LogP) is 3.13. The van der Waals surface area contributed by atoms with E-state index < -0.39 is 0 Å². The first-order valence-corrected chi connectivity index (χ1v) is 9.44. The monoisotopic (exact) mass is 387 g/mol. The van der Waals surface area contributed by atoms with Crippen molar-refractivity contribution in [1.29, 1.82) is 0 Å². The van der Waals surface area contributed by atoms with Crippen LogP contribution in [-0.2, 0) is 12.3 Å². The van der Waals surface area contributed by atoms with Crippen LogP contribution in [-0.4, -0.2) is 30.1 Å². The SMILES string of the molecule is O=c1n(CCSCc2nc(-c3ccc(Cl)cc3)no2)nc2ccccn12. The molecule has 0 saturated heterocycles. The molecule has 26 heavy (non-hydrogen) atoms. The molecule has 9 heteroatoms. The summed E-state index contributed by atoms with van der Waals surface area (Å²) in [4.78, 5) is 16.6. The second-order valence-corrected chi connectivity index (χ2v) is 7.05. The minimum Gasteiger partial charge on any atom is -0.338 e. The number of benzene rings is 1. The van der Waals surface area contributed by atoms with Crippen molar-refractivity contribution in [3.05, 3.63) is 70.1 Å². The van der Waals surface area contributed by atoms with Crippen LogP contribution in [0.25, 0.3) is 17.0 Å². The summed E-state index contributed by atoms with van der Waals surface area (Å²) in [6.45, 7) is 0.517. The van der Waals surface area contributed by atoms with Crippen molar-refractivity contribution in [3.63, 3.8) is 0 Å². The Morgan fingerprint density at radius 3 is 2.81 bits per heavy atom. The van der Waals surface area contributed by atoms with Crippen LogP contribution in [0, 0.1) is 0 Å². The smallest absolute Gasteiger partial charge is 0.338 e. The van der Waals surface area contributed by atoms with Crippen molar-refractivity contribution in [3.8, 4) is 11.4 Å². The van der Waals surface area contributed by atoms with Crippen molar-refractivity contribution in [2.75, 3.05) is 5.75 Å². The van der Waals surface area contributed by atoms with Crippen LogP contribution < -0.4 is 5.69 Å². The van der Waals surface area contributed by atoms with E-state index in [1.807, 2.05) is 30.3 Å². The van der Waals surface area contributed by atoms with Crippen LogP contribution in [0.15, 0.2) is 58.0 Å². The number of thioether (sulfide) groups is 1. The van der Waals surface area contributed by atoms with Gasteiger partial charge in [0.05, 0.1) is 12.3 Å². The van der Waals surface area contributed by atoms with Crippen LogP contribution in [0.2, 0.25) is 5.02 Å². The molecule has 4 rings (SSSR count). The third-order valence-corrected chi connectivity index (χ3v) is 4.91. The van der Waals surface area contributed by atoms with Gasteiger partial charge in [-0.2, -0.15) is 16.7 Å². The highest BCUT2D eigenvalue weighted by atomic mass is 35.5. The van der Waals surface area contributed by atoms with Gasteiger partial charge in [0.2, 0.25) is 11.7 Å². The number of nitrogens with zero attached hydrogens (tertiary/aromatic N) is 5. The lowest BCUT2D eigenvalue weighted by Gasteiger charge is -1.98. The summed E-state index contributed by atoms with van der Waals surface area (Å²) in [5.41, 5.74) is 1.36. The van der Waals surface area contributed by atoms with Gasteiger partial charge in [-0.25, -0.2) is 9.48 Å². The molecule has 0 radical (unpaired) electrons. The average molecular weight is 388 g/mol. The highest BCUT2D eigenvalue weighted by Crippen LogP contribution is 2.20. The van der Waals surface area contributed by atoms with Crippen molar-refractivity contribution < 1.29 is 4.52 Å². The van der Waals surface area contributed by atoms with Gasteiger partial charge >= 0.3 is 5.69 Å². The normalized spacial score (nSPS) is 11.3. The fourth-order valence-corrected chi connectivity index (χ4v) is 3.32. The maximum atomic E-state index is 12.2. The van der Waals surface area contributed by atoms with Gasteiger partial charge in [0.25, 0.3) is 0 Å². The molecule has 0 aliphatic rings. The van der Waals surface area contributed by atoms with Gasteiger partial charge in [-0.1, -0.05) is 22.8 Å². The molecule has 3 aromatic heterocycles. The lowest BCUT2D eigenvalue weighted by Crippen LogP contribution is -2.22. The summed E-state index contributed by atoms with van der Waals surface area (Å²) in [5.74, 6) is 2.36. The van der Waals surface area contributed by atoms with Crippen molar-refractivity contribution in [1.82, 2.24) is 24.3 Å². The van der Waals surface area contributed by atoms with Gasteiger partial charge < -0.3 is 4.52 Å². The van der Waals surface area contributed by atoms with E-state index in [4.69, 9.17) is 16.1 Å². The molecular weight excluding hydrogens is 374 g/mol. The second kappa shape index (κ2) is 7.35. The minimum absolute atomic E-state index is 0.135. The van der Waals surface area contributed by atoms with E-state index >= 15 is 0 Å². The summed E-state index contributed by atoms with van der Waals surface area (Å²) in [7, 11) is 0. The number of pyridine rings is 1. The number of aromatic nitrogens is 5. The Kier molecular flexibility index (Phi) is 4.77. The molecule has 0 saturated carbocycles. The molecule has 4 aromatic rings. The Balaban J connectivity index is 1.34.